The summed E-state index contributed by atoms with van der Waals surface area (Å²) in [6.07, 6.45) is 4.53. The van der Waals surface area contributed by atoms with Crippen LogP contribution in [0.5, 0.6) is 0 Å². The second-order valence-corrected chi connectivity index (χ2v) is 8.25. The summed E-state index contributed by atoms with van der Waals surface area (Å²) in [6, 6.07) is 2.27. The lowest BCUT2D eigenvalue weighted by atomic mass is 9.88. The standard InChI is InChI=1S/C18H31N5O2/c1-18(2,3)12-23(17(24)25)14-8-6-13(7-9-14)20-16-19-11-10-15(21-16)22(4)5/h10-11,13-14H,6-9,12H2,1-5H3,(H,24,25)(H,19,20,21)/t13-,14+. The molecule has 0 saturated heterocycles. The average Bonchev–Trinajstić information content (AvgIpc) is 2.53. The molecule has 1 aromatic rings. The van der Waals surface area contributed by atoms with Gasteiger partial charge in [-0.3, -0.25) is 0 Å². The van der Waals surface area contributed by atoms with Gasteiger partial charge < -0.3 is 20.2 Å². The van der Waals surface area contributed by atoms with Gasteiger partial charge in [0.15, 0.2) is 0 Å². The zero-order valence-corrected chi connectivity index (χ0v) is 16.0. The fourth-order valence-corrected chi connectivity index (χ4v) is 3.25. The summed E-state index contributed by atoms with van der Waals surface area (Å²) in [4.78, 5) is 24.0. The lowest BCUT2D eigenvalue weighted by Gasteiger charge is -2.38. The minimum absolute atomic E-state index is 0.0338. The molecule has 1 heterocycles. The summed E-state index contributed by atoms with van der Waals surface area (Å²) in [6.45, 7) is 6.79. The minimum Gasteiger partial charge on any atom is -0.465 e. The van der Waals surface area contributed by atoms with Crippen molar-refractivity contribution in [2.24, 2.45) is 5.41 Å². The van der Waals surface area contributed by atoms with Crippen LogP contribution in [0.25, 0.3) is 0 Å². The Morgan fingerprint density at radius 2 is 1.92 bits per heavy atom. The fourth-order valence-electron chi connectivity index (χ4n) is 3.25. The van der Waals surface area contributed by atoms with E-state index in [4.69, 9.17) is 0 Å². The molecule has 0 bridgehead atoms. The lowest BCUT2D eigenvalue weighted by Crippen LogP contribution is -2.46. The summed E-state index contributed by atoms with van der Waals surface area (Å²) >= 11 is 0. The number of aromatic nitrogens is 2. The van der Waals surface area contributed by atoms with E-state index in [9.17, 15) is 9.90 Å². The molecule has 1 aliphatic rings. The van der Waals surface area contributed by atoms with Gasteiger partial charge in [0.05, 0.1) is 0 Å². The Balaban J connectivity index is 1.92. The van der Waals surface area contributed by atoms with Gasteiger partial charge in [-0.25, -0.2) is 9.78 Å². The number of carboxylic acid groups (broad SMARTS) is 1. The van der Waals surface area contributed by atoms with E-state index < -0.39 is 6.09 Å². The summed E-state index contributed by atoms with van der Waals surface area (Å²) < 4.78 is 0. The van der Waals surface area contributed by atoms with Gasteiger partial charge in [-0.2, -0.15) is 4.98 Å². The minimum atomic E-state index is -0.812. The topological polar surface area (TPSA) is 81.6 Å². The molecule has 25 heavy (non-hydrogen) atoms. The highest BCUT2D eigenvalue weighted by molar-refractivity contribution is 5.65. The first-order valence-corrected chi connectivity index (χ1v) is 8.92. The second-order valence-electron chi connectivity index (χ2n) is 8.25. The highest BCUT2D eigenvalue weighted by Gasteiger charge is 2.31. The SMILES string of the molecule is CN(C)c1ccnc(N[C@H]2CC[C@@H](N(CC(C)(C)C)C(=O)O)CC2)n1. The summed E-state index contributed by atoms with van der Waals surface area (Å²) in [5.74, 6) is 1.51. The van der Waals surface area contributed by atoms with E-state index in [0.717, 1.165) is 31.5 Å². The molecule has 1 saturated carbocycles. The van der Waals surface area contributed by atoms with Gasteiger partial charge in [0.25, 0.3) is 0 Å². The molecule has 1 fully saturated rings. The van der Waals surface area contributed by atoms with Gasteiger partial charge in [0.1, 0.15) is 5.82 Å². The smallest absolute Gasteiger partial charge is 0.407 e. The van der Waals surface area contributed by atoms with E-state index in [-0.39, 0.29) is 11.5 Å². The Morgan fingerprint density at radius 3 is 2.44 bits per heavy atom. The van der Waals surface area contributed by atoms with Crippen LogP contribution in [0.3, 0.4) is 0 Å². The molecule has 0 radical (unpaired) electrons. The highest BCUT2D eigenvalue weighted by Crippen LogP contribution is 2.28. The molecule has 0 aromatic carbocycles. The molecule has 0 atom stereocenters. The Kier molecular flexibility index (Phi) is 6.08. The molecular weight excluding hydrogens is 318 g/mol. The molecule has 1 aliphatic carbocycles. The van der Waals surface area contributed by atoms with E-state index in [1.54, 1.807) is 11.1 Å². The number of nitrogens with zero attached hydrogens (tertiary/aromatic N) is 4. The van der Waals surface area contributed by atoms with Crippen LogP contribution in [0.15, 0.2) is 12.3 Å². The van der Waals surface area contributed by atoms with Crippen LogP contribution in [0.4, 0.5) is 16.6 Å². The van der Waals surface area contributed by atoms with Crippen molar-refractivity contribution in [3.8, 4) is 0 Å². The van der Waals surface area contributed by atoms with Gasteiger partial charge >= 0.3 is 6.09 Å². The summed E-state index contributed by atoms with van der Waals surface area (Å²) in [5.41, 5.74) is -0.0338. The molecule has 0 aliphatic heterocycles. The molecular formula is C18H31N5O2. The van der Waals surface area contributed by atoms with Crippen LogP contribution in [0.1, 0.15) is 46.5 Å². The molecule has 0 unspecified atom stereocenters. The van der Waals surface area contributed by atoms with Crippen molar-refractivity contribution in [2.75, 3.05) is 30.9 Å². The molecule has 1 aromatic heterocycles. The number of anilines is 2. The number of amides is 1. The first kappa shape index (κ1) is 19.3. The zero-order chi connectivity index (χ0) is 18.6. The van der Waals surface area contributed by atoms with Crippen LogP contribution in [0.2, 0.25) is 0 Å². The molecule has 2 N–H and O–H groups in total. The van der Waals surface area contributed by atoms with Crippen LogP contribution in [-0.2, 0) is 0 Å². The molecule has 140 valence electrons. The van der Waals surface area contributed by atoms with Crippen LogP contribution in [0, 0.1) is 5.41 Å². The number of carbonyl (C=O) groups is 1. The molecule has 7 nitrogen and oxygen atoms in total. The molecule has 0 spiro atoms. The van der Waals surface area contributed by atoms with E-state index in [0.29, 0.717) is 18.5 Å². The number of rotatable bonds is 5. The maximum absolute atomic E-state index is 11.6. The van der Waals surface area contributed by atoms with E-state index >= 15 is 0 Å². The number of hydrogen-bond acceptors (Lipinski definition) is 5. The Hall–Kier alpha value is -2.05. The van der Waals surface area contributed by atoms with Gasteiger partial charge in [0.2, 0.25) is 5.95 Å². The van der Waals surface area contributed by atoms with Gasteiger partial charge in [-0.15, -0.1) is 0 Å². The Labute approximate surface area is 150 Å². The predicted octanol–water partition coefficient (Wildman–Crippen LogP) is 3.29. The second kappa shape index (κ2) is 7.89. The predicted molar refractivity (Wildman–Crippen MR) is 100 cm³/mol. The van der Waals surface area contributed by atoms with Gasteiger partial charge in [-0.1, -0.05) is 20.8 Å². The van der Waals surface area contributed by atoms with Crippen molar-refractivity contribution in [3.05, 3.63) is 12.3 Å². The van der Waals surface area contributed by atoms with Crippen LogP contribution >= 0.6 is 0 Å². The Morgan fingerprint density at radius 1 is 1.28 bits per heavy atom. The van der Waals surface area contributed by atoms with Crippen molar-refractivity contribution in [1.29, 1.82) is 0 Å². The Bertz CT molecular complexity index is 577. The zero-order valence-electron chi connectivity index (χ0n) is 16.0. The van der Waals surface area contributed by atoms with E-state index in [1.165, 1.54) is 0 Å². The number of nitrogens with one attached hydrogen (secondary N) is 1. The van der Waals surface area contributed by atoms with Crippen molar-refractivity contribution in [3.63, 3.8) is 0 Å². The fraction of sp³-hybridized carbons (Fsp3) is 0.722. The third-order valence-electron chi connectivity index (χ3n) is 4.46. The largest absolute Gasteiger partial charge is 0.465 e. The van der Waals surface area contributed by atoms with Crippen LogP contribution < -0.4 is 10.2 Å². The molecule has 1 amide bonds. The third kappa shape index (κ3) is 5.76. The van der Waals surface area contributed by atoms with Crippen molar-refractivity contribution in [2.45, 2.75) is 58.5 Å². The molecule has 7 heteroatoms. The number of hydrogen-bond donors (Lipinski definition) is 2. The van der Waals surface area contributed by atoms with Crippen molar-refractivity contribution in [1.82, 2.24) is 14.9 Å². The molecule has 2 rings (SSSR count). The quantitative estimate of drug-likeness (QED) is 0.849. The van der Waals surface area contributed by atoms with Crippen LogP contribution in [-0.4, -0.2) is 58.8 Å². The first-order chi connectivity index (χ1) is 11.7. The summed E-state index contributed by atoms with van der Waals surface area (Å²) in [5, 5.41) is 13.0. The highest BCUT2D eigenvalue weighted by atomic mass is 16.4. The normalized spacial score (nSPS) is 20.8. The monoisotopic (exact) mass is 349 g/mol. The van der Waals surface area contributed by atoms with Gasteiger partial charge in [-0.05, 0) is 37.2 Å². The third-order valence-corrected chi connectivity index (χ3v) is 4.46. The first-order valence-electron chi connectivity index (χ1n) is 8.92. The van der Waals surface area contributed by atoms with Gasteiger partial charge in [0, 0.05) is 38.9 Å². The van der Waals surface area contributed by atoms with Crippen molar-refractivity contribution < 1.29 is 9.90 Å². The maximum atomic E-state index is 11.6. The maximum Gasteiger partial charge on any atom is 0.407 e. The average molecular weight is 349 g/mol. The summed E-state index contributed by atoms with van der Waals surface area (Å²) in [7, 11) is 3.90. The lowest BCUT2D eigenvalue weighted by molar-refractivity contribution is 0.0876. The van der Waals surface area contributed by atoms with Crippen molar-refractivity contribution >= 4 is 17.9 Å². The van der Waals surface area contributed by atoms with E-state index in [2.05, 4.69) is 36.1 Å². The van der Waals surface area contributed by atoms with E-state index in [1.807, 2.05) is 25.1 Å².